The van der Waals surface area contributed by atoms with E-state index in [2.05, 4.69) is 81.5 Å². The van der Waals surface area contributed by atoms with Gasteiger partial charge in [-0.2, -0.15) is 0 Å². The van der Waals surface area contributed by atoms with Crippen LogP contribution in [0.25, 0.3) is 0 Å². The van der Waals surface area contributed by atoms with Gasteiger partial charge in [0.05, 0.1) is 6.61 Å². The predicted octanol–water partition coefficient (Wildman–Crippen LogP) is 15.8. The van der Waals surface area contributed by atoms with Gasteiger partial charge in [0, 0.05) is 19.4 Å². The fourth-order valence-electron chi connectivity index (χ4n) is 6.55. The number of rotatable bonds is 43. The average Bonchev–Trinajstić information content (AvgIpc) is 3.20. The molecule has 56 heavy (non-hydrogen) atoms. The third-order valence-electron chi connectivity index (χ3n) is 10.1. The van der Waals surface area contributed by atoms with Gasteiger partial charge < -0.3 is 14.2 Å². The van der Waals surface area contributed by atoms with Crippen LogP contribution >= 0.6 is 0 Å². The van der Waals surface area contributed by atoms with E-state index in [1.165, 1.54) is 122 Å². The Morgan fingerprint density at radius 3 is 1.27 bits per heavy atom. The van der Waals surface area contributed by atoms with Crippen LogP contribution in [0.4, 0.5) is 0 Å². The zero-order chi connectivity index (χ0) is 40.7. The topological polar surface area (TPSA) is 61.8 Å². The molecule has 0 aliphatic heterocycles. The molecule has 0 aromatic heterocycles. The Balaban J connectivity index is 4.17. The smallest absolute Gasteiger partial charge is 0.306 e. The SMILES string of the molecule is CC/C=C\C/C=C\C/C=C\C/C=C\C/C=C\CCCC(=O)OCC(COCCCCCCCC)OC(=O)CCCCCCCCCCCCCCCCCCC. The quantitative estimate of drug-likeness (QED) is 0.0350. The molecule has 0 N–H and O–H groups in total. The zero-order valence-electron chi connectivity index (χ0n) is 37.1. The average molecular weight is 783 g/mol. The normalized spacial score (nSPS) is 12.7. The van der Waals surface area contributed by atoms with Crippen molar-refractivity contribution in [1.29, 1.82) is 0 Å². The molecule has 1 atom stereocenters. The van der Waals surface area contributed by atoms with Gasteiger partial charge in [0.2, 0.25) is 0 Å². The van der Waals surface area contributed by atoms with Crippen LogP contribution in [0.5, 0.6) is 0 Å². The summed E-state index contributed by atoms with van der Waals surface area (Å²) in [5.74, 6) is -0.462. The molecule has 0 aliphatic carbocycles. The van der Waals surface area contributed by atoms with Crippen LogP contribution in [-0.4, -0.2) is 37.9 Å². The minimum Gasteiger partial charge on any atom is -0.462 e. The molecule has 0 fully saturated rings. The maximum atomic E-state index is 12.7. The minimum absolute atomic E-state index is 0.0573. The fourth-order valence-corrected chi connectivity index (χ4v) is 6.55. The summed E-state index contributed by atoms with van der Waals surface area (Å²) in [5.41, 5.74) is 0. The lowest BCUT2D eigenvalue weighted by Gasteiger charge is -2.18. The van der Waals surface area contributed by atoms with E-state index in [9.17, 15) is 9.59 Å². The van der Waals surface area contributed by atoms with Crippen LogP contribution in [0.15, 0.2) is 60.8 Å². The van der Waals surface area contributed by atoms with Crippen LogP contribution in [0.1, 0.15) is 226 Å². The van der Waals surface area contributed by atoms with Crippen LogP contribution in [0.3, 0.4) is 0 Å². The zero-order valence-corrected chi connectivity index (χ0v) is 37.1. The number of allylic oxidation sites excluding steroid dienone is 10. The highest BCUT2D eigenvalue weighted by molar-refractivity contribution is 5.70. The van der Waals surface area contributed by atoms with Crippen molar-refractivity contribution < 1.29 is 23.8 Å². The van der Waals surface area contributed by atoms with E-state index in [1.807, 2.05) is 0 Å². The van der Waals surface area contributed by atoms with E-state index < -0.39 is 6.10 Å². The standard InChI is InChI=1S/C51H90O5/c1-4-7-10-13-16-18-20-22-24-26-28-30-32-34-36-38-41-44-50(52)55-48-49(47-54-46-43-40-15-12-9-6-3)56-51(53)45-42-39-37-35-33-31-29-27-25-23-21-19-17-14-11-8-5-2/h7,10,16,18,22,24,28,30,34,36,49H,4-6,8-9,11-15,17,19-21,23,25-27,29,31-33,35,37-48H2,1-3H3/b10-7-,18-16-,24-22-,30-28-,36-34-. The Labute approximate surface area is 347 Å². The molecule has 1 unspecified atom stereocenters. The van der Waals surface area contributed by atoms with Crippen LogP contribution in [0.2, 0.25) is 0 Å². The van der Waals surface area contributed by atoms with Gasteiger partial charge in [0.25, 0.3) is 0 Å². The van der Waals surface area contributed by atoms with Crippen molar-refractivity contribution in [2.75, 3.05) is 19.8 Å². The van der Waals surface area contributed by atoms with Gasteiger partial charge in [-0.05, 0) is 57.8 Å². The molecule has 5 nitrogen and oxygen atoms in total. The van der Waals surface area contributed by atoms with E-state index in [0.717, 1.165) is 70.6 Å². The number of ether oxygens (including phenoxy) is 3. The molecule has 0 spiro atoms. The number of esters is 2. The second kappa shape index (κ2) is 47.0. The second-order valence-electron chi connectivity index (χ2n) is 15.6. The van der Waals surface area contributed by atoms with Crippen LogP contribution in [-0.2, 0) is 23.8 Å². The number of carbonyl (C=O) groups excluding carboxylic acids is 2. The van der Waals surface area contributed by atoms with Crippen molar-refractivity contribution in [1.82, 2.24) is 0 Å². The van der Waals surface area contributed by atoms with E-state index in [0.29, 0.717) is 19.4 Å². The van der Waals surface area contributed by atoms with Crippen LogP contribution < -0.4 is 0 Å². The van der Waals surface area contributed by atoms with Gasteiger partial charge in [0.15, 0.2) is 6.10 Å². The number of unbranched alkanes of at least 4 members (excludes halogenated alkanes) is 22. The first kappa shape index (κ1) is 53.6. The number of hydrogen-bond acceptors (Lipinski definition) is 5. The Morgan fingerprint density at radius 2 is 0.804 bits per heavy atom. The van der Waals surface area contributed by atoms with Gasteiger partial charge in [-0.3, -0.25) is 9.59 Å². The molecule has 0 heterocycles. The fraction of sp³-hybridized carbons (Fsp3) is 0.765. The van der Waals surface area contributed by atoms with Crippen molar-refractivity contribution in [2.45, 2.75) is 232 Å². The van der Waals surface area contributed by atoms with Gasteiger partial charge in [0.1, 0.15) is 6.61 Å². The summed E-state index contributed by atoms with van der Waals surface area (Å²) in [6, 6.07) is 0. The largest absolute Gasteiger partial charge is 0.462 e. The molecule has 0 saturated carbocycles. The van der Waals surface area contributed by atoms with Crippen molar-refractivity contribution in [2.24, 2.45) is 0 Å². The lowest BCUT2D eigenvalue weighted by atomic mass is 10.0. The van der Waals surface area contributed by atoms with Crippen molar-refractivity contribution in [3.63, 3.8) is 0 Å². The molecule has 0 aromatic carbocycles. The Hall–Kier alpha value is -2.40. The molecule has 0 aromatic rings. The summed E-state index contributed by atoms with van der Waals surface area (Å²) in [4.78, 5) is 25.2. The highest BCUT2D eigenvalue weighted by Crippen LogP contribution is 2.15. The van der Waals surface area contributed by atoms with E-state index in [-0.39, 0.29) is 25.2 Å². The summed E-state index contributed by atoms with van der Waals surface area (Å²) in [5, 5.41) is 0. The summed E-state index contributed by atoms with van der Waals surface area (Å²) in [6.07, 6.45) is 58.1. The predicted molar refractivity (Wildman–Crippen MR) is 242 cm³/mol. The Kier molecular flexibility index (Phi) is 45.0. The van der Waals surface area contributed by atoms with Crippen molar-refractivity contribution in [3.05, 3.63) is 60.8 Å². The number of carbonyl (C=O) groups is 2. The third-order valence-corrected chi connectivity index (χ3v) is 10.1. The molecule has 0 amide bonds. The molecule has 0 aliphatic rings. The van der Waals surface area contributed by atoms with E-state index in [4.69, 9.17) is 14.2 Å². The highest BCUT2D eigenvalue weighted by Gasteiger charge is 2.17. The first-order chi connectivity index (χ1) is 27.6. The van der Waals surface area contributed by atoms with Gasteiger partial charge >= 0.3 is 11.9 Å². The van der Waals surface area contributed by atoms with Crippen LogP contribution in [0, 0.1) is 0 Å². The lowest BCUT2D eigenvalue weighted by Crippen LogP contribution is -2.30. The Bertz CT molecular complexity index is 977. The van der Waals surface area contributed by atoms with Crippen molar-refractivity contribution in [3.8, 4) is 0 Å². The highest BCUT2D eigenvalue weighted by atomic mass is 16.6. The lowest BCUT2D eigenvalue weighted by molar-refractivity contribution is -0.163. The summed E-state index contributed by atoms with van der Waals surface area (Å²) in [7, 11) is 0. The Morgan fingerprint density at radius 1 is 0.411 bits per heavy atom. The molecule has 324 valence electrons. The van der Waals surface area contributed by atoms with Gasteiger partial charge in [-0.25, -0.2) is 0 Å². The molecular weight excluding hydrogens is 693 g/mol. The first-order valence-corrected chi connectivity index (χ1v) is 23.8. The second-order valence-corrected chi connectivity index (χ2v) is 15.6. The molecule has 0 radical (unpaired) electrons. The molecule has 0 rings (SSSR count). The van der Waals surface area contributed by atoms with E-state index in [1.54, 1.807) is 0 Å². The first-order valence-electron chi connectivity index (χ1n) is 23.8. The minimum atomic E-state index is -0.552. The molecular formula is C51H90O5. The molecule has 0 saturated heterocycles. The summed E-state index contributed by atoms with van der Waals surface area (Å²) >= 11 is 0. The number of hydrogen-bond donors (Lipinski definition) is 0. The van der Waals surface area contributed by atoms with Gasteiger partial charge in [-0.1, -0.05) is 216 Å². The summed E-state index contributed by atoms with van der Waals surface area (Å²) < 4.78 is 17.2. The van der Waals surface area contributed by atoms with E-state index >= 15 is 0 Å². The maximum Gasteiger partial charge on any atom is 0.306 e. The van der Waals surface area contributed by atoms with Gasteiger partial charge in [-0.15, -0.1) is 0 Å². The van der Waals surface area contributed by atoms with Crippen molar-refractivity contribution >= 4 is 11.9 Å². The molecule has 5 heteroatoms. The monoisotopic (exact) mass is 783 g/mol. The summed E-state index contributed by atoms with van der Waals surface area (Å²) in [6.45, 7) is 7.63. The maximum absolute atomic E-state index is 12.7. The molecule has 0 bridgehead atoms. The third kappa shape index (κ3) is 44.3.